The molecular formula is C29H31ClN2O8. The number of hydrogen-bond donors (Lipinski definition) is 0. The summed E-state index contributed by atoms with van der Waals surface area (Å²) >= 11 is 0. The molecule has 0 fully saturated rings. The molecule has 0 radical (unpaired) electrons. The van der Waals surface area contributed by atoms with Crippen LogP contribution in [0.15, 0.2) is 54.9 Å². The topological polar surface area (TPSA) is 98.3 Å². The standard InChI is InChI=1S/C29H31N2O8.ClH/c1-18(32)38-28-24(34-3)11-20(12-25(28)35-4)15-30-17-31(23-10-8-7-9-22(23)30)16-21-13-26(36-5)29(39-19(2)33)27(14-21)37-6;/h7-14,17H,15-16H2,1-6H3;1H/q+1;/p-1. The van der Waals surface area contributed by atoms with Gasteiger partial charge in [-0.15, -0.1) is 0 Å². The predicted molar refractivity (Wildman–Crippen MR) is 142 cm³/mol. The minimum Gasteiger partial charge on any atom is -1.00 e. The molecule has 0 atom stereocenters. The maximum absolute atomic E-state index is 11.6. The number of ether oxygens (including phenoxy) is 6. The van der Waals surface area contributed by atoms with Crippen LogP contribution in [-0.2, 0) is 22.7 Å². The van der Waals surface area contributed by atoms with Crippen molar-refractivity contribution >= 4 is 23.0 Å². The van der Waals surface area contributed by atoms with Crippen LogP contribution in [0, 0.1) is 0 Å². The SMILES string of the molecule is COc1cc(Cn2c[n+](Cc3cc(OC)c(OC(C)=O)c(OC)c3)c3ccccc32)cc(OC)c1OC(C)=O.[Cl-]. The molecule has 0 aliphatic carbocycles. The summed E-state index contributed by atoms with van der Waals surface area (Å²) in [7, 11) is 6.05. The minimum absolute atomic E-state index is 0. The summed E-state index contributed by atoms with van der Waals surface area (Å²) in [5, 5.41) is 0. The normalized spacial score (nSPS) is 10.4. The Bertz CT molecular complexity index is 1370. The van der Waals surface area contributed by atoms with Crippen LogP contribution in [0.2, 0.25) is 0 Å². The van der Waals surface area contributed by atoms with E-state index in [-0.39, 0.29) is 23.9 Å². The van der Waals surface area contributed by atoms with Gasteiger partial charge < -0.3 is 40.8 Å². The smallest absolute Gasteiger partial charge is 0.308 e. The zero-order valence-electron chi connectivity index (χ0n) is 23.1. The molecule has 40 heavy (non-hydrogen) atoms. The molecule has 4 rings (SSSR count). The van der Waals surface area contributed by atoms with Crippen molar-refractivity contribution in [1.29, 1.82) is 0 Å². The molecular weight excluding hydrogens is 540 g/mol. The van der Waals surface area contributed by atoms with Gasteiger partial charge in [0.1, 0.15) is 13.1 Å². The maximum Gasteiger partial charge on any atom is 0.308 e. The van der Waals surface area contributed by atoms with Crippen molar-refractivity contribution in [1.82, 2.24) is 4.57 Å². The molecule has 0 bridgehead atoms. The molecule has 11 heteroatoms. The lowest BCUT2D eigenvalue weighted by molar-refractivity contribution is -0.663. The highest BCUT2D eigenvalue weighted by atomic mass is 35.5. The molecule has 0 aliphatic heterocycles. The zero-order valence-corrected chi connectivity index (χ0v) is 23.9. The van der Waals surface area contributed by atoms with Crippen molar-refractivity contribution in [2.75, 3.05) is 28.4 Å². The van der Waals surface area contributed by atoms with Gasteiger partial charge >= 0.3 is 11.9 Å². The molecule has 1 heterocycles. The quantitative estimate of drug-likeness (QED) is 0.158. The highest BCUT2D eigenvalue weighted by Crippen LogP contribution is 2.40. The first kappa shape index (κ1) is 30.1. The average molecular weight is 571 g/mol. The van der Waals surface area contributed by atoms with Crippen molar-refractivity contribution in [2.45, 2.75) is 26.9 Å². The van der Waals surface area contributed by atoms with E-state index in [0.29, 0.717) is 36.1 Å². The summed E-state index contributed by atoms with van der Waals surface area (Å²) in [6.07, 6.45) is 2.02. The Balaban J connectivity index is 0.00000441. The zero-order chi connectivity index (χ0) is 28.1. The van der Waals surface area contributed by atoms with Gasteiger partial charge in [-0.3, -0.25) is 9.59 Å². The Morgan fingerprint density at radius 1 is 0.725 bits per heavy atom. The number of esters is 2. The Morgan fingerprint density at radius 3 is 1.62 bits per heavy atom. The van der Waals surface area contributed by atoms with E-state index < -0.39 is 11.9 Å². The molecule has 0 saturated carbocycles. The summed E-state index contributed by atoms with van der Waals surface area (Å²) in [4.78, 5) is 23.2. The number of rotatable bonds is 10. The number of carbonyl (C=O) groups is 2. The number of hydrogen-bond acceptors (Lipinski definition) is 8. The van der Waals surface area contributed by atoms with E-state index in [1.165, 1.54) is 42.3 Å². The summed E-state index contributed by atoms with van der Waals surface area (Å²) in [5.41, 5.74) is 3.80. The molecule has 0 unspecified atom stereocenters. The first-order valence-electron chi connectivity index (χ1n) is 12.1. The van der Waals surface area contributed by atoms with Crippen LogP contribution in [0.1, 0.15) is 25.0 Å². The second kappa shape index (κ2) is 13.1. The van der Waals surface area contributed by atoms with Crippen molar-refractivity contribution in [3.05, 3.63) is 66.0 Å². The first-order valence-corrected chi connectivity index (χ1v) is 12.1. The second-order valence-corrected chi connectivity index (χ2v) is 8.71. The molecule has 0 saturated heterocycles. The van der Waals surface area contributed by atoms with Crippen molar-refractivity contribution in [3.8, 4) is 34.5 Å². The van der Waals surface area contributed by atoms with Crippen LogP contribution < -0.4 is 45.4 Å². The highest BCUT2D eigenvalue weighted by Gasteiger charge is 2.22. The summed E-state index contributed by atoms with van der Waals surface area (Å²) in [5.74, 6) is 1.14. The Labute approximate surface area is 238 Å². The van der Waals surface area contributed by atoms with Crippen LogP contribution in [0.5, 0.6) is 34.5 Å². The summed E-state index contributed by atoms with van der Waals surface area (Å²) in [6, 6.07) is 15.3. The van der Waals surface area contributed by atoms with E-state index in [9.17, 15) is 9.59 Å². The van der Waals surface area contributed by atoms with Crippen LogP contribution in [0.25, 0.3) is 11.0 Å². The number of fused-ring (bicyclic) bond motifs is 1. The second-order valence-electron chi connectivity index (χ2n) is 8.71. The number of carbonyl (C=O) groups excluding carboxylic acids is 2. The van der Waals surface area contributed by atoms with E-state index in [1.54, 1.807) is 0 Å². The van der Waals surface area contributed by atoms with Crippen molar-refractivity contribution < 1.29 is 55.0 Å². The molecule has 10 nitrogen and oxygen atoms in total. The molecule has 0 amide bonds. The number of methoxy groups -OCH3 is 4. The number of nitrogens with zero attached hydrogens (tertiary/aromatic N) is 2. The number of benzene rings is 3. The average Bonchev–Trinajstić information content (AvgIpc) is 3.25. The summed E-state index contributed by atoms with van der Waals surface area (Å²) in [6.45, 7) is 3.65. The van der Waals surface area contributed by atoms with E-state index in [1.807, 2.05) is 54.9 Å². The Kier molecular flexibility index (Phi) is 9.84. The maximum atomic E-state index is 11.6. The lowest BCUT2D eigenvalue weighted by Gasteiger charge is -2.14. The number of imidazole rings is 1. The van der Waals surface area contributed by atoms with Crippen LogP contribution >= 0.6 is 0 Å². The highest BCUT2D eigenvalue weighted by molar-refractivity contribution is 5.74. The van der Waals surface area contributed by atoms with E-state index in [2.05, 4.69) is 9.13 Å². The van der Waals surface area contributed by atoms with Gasteiger partial charge in [-0.2, -0.15) is 0 Å². The van der Waals surface area contributed by atoms with Gasteiger partial charge in [0.2, 0.25) is 17.8 Å². The molecule has 4 aromatic rings. The first-order chi connectivity index (χ1) is 18.8. The number of aromatic nitrogens is 2. The number of para-hydroxylation sites is 2. The van der Waals surface area contributed by atoms with Gasteiger partial charge in [0.15, 0.2) is 34.0 Å². The molecule has 0 N–H and O–H groups in total. The van der Waals surface area contributed by atoms with Gasteiger partial charge in [0, 0.05) is 25.0 Å². The largest absolute Gasteiger partial charge is 1.00 e. The third-order valence-electron chi connectivity index (χ3n) is 6.02. The molecule has 0 spiro atoms. The van der Waals surface area contributed by atoms with E-state index in [4.69, 9.17) is 28.4 Å². The van der Waals surface area contributed by atoms with Crippen molar-refractivity contribution in [2.24, 2.45) is 0 Å². The lowest BCUT2D eigenvalue weighted by Crippen LogP contribution is -3.00. The van der Waals surface area contributed by atoms with Crippen LogP contribution in [0.4, 0.5) is 0 Å². The van der Waals surface area contributed by atoms with Gasteiger partial charge in [0.25, 0.3) is 0 Å². The van der Waals surface area contributed by atoms with E-state index in [0.717, 1.165) is 22.2 Å². The van der Waals surface area contributed by atoms with Gasteiger partial charge in [0.05, 0.1) is 28.4 Å². The lowest BCUT2D eigenvalue weighted by atomic mass is 10.1. The third kappa shape index (κ3) is 6.40. The third-order valence-corrected chi connectivity index (χ3v) is 6.02. The van der Waals surface area contributed by atoms with Gasteiger partial charge in [-0.1, -0.05) is 12.1 Å². The minimum atomic E-state index is -0.467. The fraction of sp³-hybridized carbons (Fsp3) is 0.276. The molecule has 212 valence electrons. The van der Waals surface area contributed by atoms with Gasteiger partial charge in [-0.05, 0) is 36.4 Å². The van der Waals surface area contributed by atoms with Crippen LogP contribution in [-0.4, -0.2) is 44.9 Å². The molecule has 1 aromatic heterocycles. The van der Waals surface area contributed by atoms with Gasteiger partial charge in [-0.25, -0.2) is 9.13 Å². The number of halogens is 1. The van der Waals surface area contributed by atoms with Crippen LogP contribution in [0.3, 0.4) is 0 Å². The summed E-state index contributed by atoms with van der Waals surface area (Å²) < 4.78 is 36.8. The Morgan fingerprint density at radius 2 is 1.18 bits per heavy atom. The van der Waals surface area contributed by atoms with E-state index >= 15 is 0 Å². The Hall–Kier alpha value is -4.44. The monoisotopic (exact) mass is 570 g/mol. The van der Waals surface area contributed by atoms with Crippen molar-refractivity contribution in [3.63, 3.8) is 0 Å². The fourth-order valence-corrected chi connectivity index (χ4v) is 4.43. The molecule has 0 aliphatic rings. The predicted octanol–water partition coefficient (Wildman–Crippen LogP) is 0.914. The fourth-order valence-electron chi connectivity index (χ4n) is 4.43. The molecule has 3 aromatic carbocycles.